The van der Waals surface area contributed by atoms with E-state index >= 15 is 0 Å². The second-order valence-electron chi connectivity index (χ2n) is 5.48. The Hall–Kier alpha value is -2.00. The van der Waals surface area contributed by atoms with Gasteiger partial charge >= 0.3 is 0 Å². The molecule has 0 radical (unpaired) electrons. The van der Waals surface area contributed by atoms with Crippen LogP contribution >= 0.6 is 15.9 Å². The maximum atomic E-state index is 13.7. The summed E-state index contributed by atoms with van der Waals surface area (Å²) in [4.78, 5) is 8.19. The largest absolute Gasteiger partial charge is 0.362 e. The Morgan fingerprint density at radius 2 is 2.14 bits per heavy atom. The summed E-state index contributed by atoms with van der Waals surface area (Å²) in [5, 5.41) is 12.1. The van der Waals surface area contributed by atoms with Crippen molar-refractivity contribution in [3.63, 3.8) is 0 Å². The summed E-state index contributed by atoms with van der Waals surface area (Å²) in [5.41, 5.74) is 1.16. The molecule has 22 heavy (non-hydrogen) atoms. The van der Waals surface area contributed by atoms with Crippen LogP contribution in [0.15, 0.2) is 35.1 Å². The van der Waals surface area contributed by atoms with Crippen LogP contribution in [0.5, 0.6) is 0 Å². The smallest absolute Gasteiger partial charge is 0.158 e. The topological polar surface area (TPSA) is 61.6 Å². The van der Waals surface area contributed by atoms with Crippen LogP contribution in [-0.2, 0) is 0 Å². The summed E-state index contributed by atoms with van der Waals surface area (Å²) in [6.07, 6.45) is 6.32. The monoisotopic (exact) mass is 360 g/mol. The second-order valence-corrected chi connectivity index (χ2v) is 6.39. The van der Waals surface area contributed by atoms with E-state index in [9.17, 15) is 4.39 Å². The Morgan fingerprint density at radius 1 is 1.32 bits per heavy atom. The normalized spacial score (nSPS) is 15.1. The van der Waals surface area contributed by atoms with Gasteiger partial charge in [-0.15, -0.1) is 0 Å². The van der Waals surface area contributed by atoms with Gasteiger partial charge in [-0.1, -0.05) is 28.8 Å². The van der Waals surface area contributed by atoms with E-state index in [1.165, 1.54) is 31.3 Å². The van der Waals surface area contributed by atoms with Gasteiger partial charge in [0, 0.05) is 4.47 Å². The van der Waals surface area contributed by atoms with Gasteiger partial charge in [-0.25, -0.2) is 14.4 Å². The van der Waals surface area contributed by atoms with E-state index in [0.29, 0.717) is 11.7 Å². The van der Waals surface area contributed by atoms with Crippen LogP contribution in [0, 0.1) is 23.1 Å². The molecule has 1 N–H and O–H groups in total. The van der Waals surface area contributed by atoms with Crippen LogP contribution in [-0.4, -0.2) is 9.97 Å². The molecule has 1 atom stereocenters. The van der Waals surface area contributed by atoms with Crippen molar-refractivity contribution < 1.29 is 4.39 Å². The number of nitrogens with one attached hydrogen (secondary N) is 1. The minimum Gasteiger partial charge on any atom is -0.362 e. The van der Waals surface area contributed by atoms with Gasteiger partial charge in [-0.3, -0.25) is 0 Å². The average molecular weight is 361 g/mol. The van der Waals surface area contributed by atoms with Crippen molar-refractivity contribution in [1.82, 2.24) is 9.97 Å². The average Bonchev–Trinajstić information content (AvgIpc) is 3.30. The Kier molecular flexibility index (Phi) is 4.34. The molecule has 1 fully saturated rings. The summed E-state index contributed by atoms with van der Waals surface area (Å²) < 4.78 is 14.4. The molecule has 1 saturated carbocycles. The fraction of sp³-hybridized carbons (Fsp3) is 0.312. The van der Waals surface area contributed by atoms with Gasteiger partial charge in [0.15, 0.2) is 5.69 Å². The third kappa shape index (κ3) is 3.80. The Morgan fingerprint density at radius 3 is 2.73 bits per heavy atom. The number of hydrogen-bond donors (Lipinski definition) is 1. The number of halogens is 2. The first-order valence-corrected chi connectivity index (χ1v) is 7.88. The molecule has 0 amide bonds. The predicted octanol–water partition coefficient (Wildman–Crippen LogP) is 4.20. The fourth-order valence-corrected chi connectivity index (χ4v) is 2.86. The molecule has 1 aliphatic carbocycles. The molecule has 6 heteroatoms. The third-order valence-corrected chi connectivity index (χ3v) is 4.10. The van der Waals surface area contributed by atoms with E-state index in [1.807, 2.05) is 12.1 Å². The van der Waals surface area contributed by atoms with Gasteiger partial charge in [-0.05, 0) is 36.1 Å². The summed E-state index contributed by atoms with van der Waals surface area (Å²) >= 11 is 3.34. The molecule has 1 aromatic heterocycles. The fourth-order valence-electron chi connectivity index (χ4n) is 2.38. The summed E-state index contributed by atoms with van der Waals surface area (Å²) in [6, 6.07) is 6.82. The molecular weight excluding hydrogens is 347 g/mol. The number of anilines is 1. The van der Waals surface area contributed by atoms with Crippen molar-refractivity contribution in [2.24, 2.45) is 5.92 Å². The van der Waals surface area contributed by atoms with Crippen LogP contribution in [0.4, 0.5) is 10.2 Å². The van der Waals surface area contributed by atoms with E-state index in [-0.39, 0.29) is 17.6 Å². The van der Waals surface area contributed by atoms with Gasteiger partial charge < -0.3 is 5.32 Å². The zero-order chi connectivity index (χ0) is 15.5. The first-order valence-electron chi connectivity index (χ1n) is 7.08. The molecule has 3 rings (SSSR count). The molecular formula is C16H14BrFN4. The number of nitrogens with zero attached hydrogens (tertiary/aromatic N) is 3. The Balaban J connectivity index is 1.83. The number of hydrogen-bond acceptors (Lipinski definition) is 4. The van der Waals surface area contributed by atoms with Crippen molar-refractivity contribution in [3.8, 4) is 6.07 Å². The van der Waals surface area contributed by atoms with Gasteiger partial charge in [0.2, 0.25) is 0 Å². The van der Waals surface area contributed by atoms with Crippen molar-refractivity contribution in [2.45, 2.75) is 25.3 Å². The van der Waals surface area contributed by atoms with Crippen LogP contribution in [0.3, 0.4) is 0 Å². The lowest BCUT2D eigenvalue weighted by atomic mass is 10.0. The first-order chi connectivity index (χ1) is 10.6. The van der Waals surface area contributed by atoms with Crippen molar-refractivity contribution in [2.75, 3.05) is 5.32 Å². The van der Waals surface area contributed by atoms with Crippen molar-refractivity contribution in [1.29, 1.82) is 5.26 Å². The lowest BCUT2D eigenvalue weighted by molar-refractivity contribution is 0.602. The molecule has 2 aromatic rings. The number of aromatic nitrogens is 2. The molecule has 4 nitrogen and oxygen atoms in total. The van der Waals surface area contributed by atoms with Crippen LogP contribution in [0.2, 0.25) is 0 Å². The third-order valence-electron chi connectivity index (χ3n) is 3.64. The highest BCUT2D eigenvalue weighted by atomic mass is 79.9. The van der Waals surface area contributed by atoms with E-state index in [4.69, 9.17) is 5.26 Å². The number of rotatable bonds is 5. The van der Waals surface area contributed by atoms with E-state index in [2.05, 4.69) is 31.2 Å². The molecule has 0 aliphatic heterocycles. The lowest BCUT2D eigenvalue weighted by Crippen LogP contribution is -2.13. The van der Waals surface area contributed by atoms with Crippen LogP contribution in [0.25, 0.3) is 0 Å². The quantitative estimate of drug-likeness (QED) is 0.867. The van der Waals surface area contributed by atoms with Gasteiger partial charge in [0.1, 0.15) is 17.7 Å². The molecule has 0 bridgehead atoms. The Labute approximate surface area is 136 Å². The highest BCUT2D eigenvalue weighted by Gasteiger charge is 2.27. The summed E-state index contributed by atoms with van der Waals surface area (Å²) in [6.45, 7) is 0. The second kappa shape index (κ2) is 6.41. The first kappa shape index (κ1) is 14.9. The Bertz CT molecular complexity index is 687. The maximum Gasteiger partial charge on any atom is 0.158 e. The highest BCUT2D eigenvalue weighted by molar-refractivity contribution is 9.10. The standard InChI is InChI=1S/C16H14BrFN4/c17-12-4-11(5-13(18)6-12)15(3-10-1-2-10)22-16-9-20-14(7-19)8-21-16/h4-6,8-10,15H,1-3H2,(H,21,22). The zero-order valence-corrected chi connectivity index (χ0v) is 13.3. The molecule has 0 spiro atoms. The minimum atomic E-state index is -0.266. The molecule has 1 aromatic carbocycles. The molecule has 0 saturated heterocycles. The van der Waals surface area contributed by atoms with Crippen molar-refractivity contribution in [3.05, 3.63) is 52.1 Å². The van der Waals surface area contributed by atoms with Gasteiger partial charge in [0.05, 0.1) is 18.4 Å². The zero-order valence-electron chi connectivity index (χ0n) is 11.8. The molecule has 112 valence electrons. The summed E-state index contributed by atoms with van der Waals surface area (Å²) in [5.74, 6) is 0.994. The maximum absolute atomic E-state index is 13.7. The molecule has 1 aliphatic rings. The van der Waals surface area contributed by atoms with Gasteiger partial charge in [0.25, 0.3) is 0 Å². The van der Waals surface area contributed by atoms with Gasteiger partial charge in [-0.2, -0.15) is 5.26 Å². The van der Waals surface area contributed by atoms with E-state index in [0.717, 1.165) is 16.5 Å². The van der Waals surface area contributed by atoms with E-state index in [1.54, 1.807) is 6.07 Å². The lowest BCUT2D eigenvalue weighted by Gasteiger charge is -2.20. The SMILES string of the molecule is N#Cc1cnc(NC(CC2CC2)c2cc(F)cc(Br)c2)cn1. The van der Waals surface area contributed by atoms with Crippen molar-refractivity contribution >= 4 is 21.7 Å². The van der Waals surface area contributed by atoms with E-state index < -0.39 is 0 Å². The van der Waals surface area contributed by atoms with Crippen LogP contribution < -0.4 is 5.32 Å². The molecule has 1 unspecified atom stereocenters. The highest BCUT2D eigenvalue weighted by Crippen LogP contribution is 2.39. The summed E-state index contributed by atoms with van der Waals surface area (Å²) in [7, 11) is 0. The number of nitriles is 1. The minimum absolute atomic E-state index is 0.0262. The number of benzene rings is 1. The van der Waals surface area contributed by atoms with Crippen LogP contribution in [0.1, 0.15) is 36.6 Å². The predicted molar refractivity (Wildman–Crippen MR) is 84.6 cm³/mol. The molecule has 1 heterocycles.